The molecular weight excluding hydrogens is 456 g/mol. The van der Waals surface area contributed by atoms with Gasteiger partial charge in [0.15, 0.2) is 5.82 Å². The number of hydrogen-bond acceptors (Lipinski definition) is 5. The average Bonchev–Trinajstić information content (AvgIpc) is 2.91. The SMILES string of the molecule is O=C1CN(c2c(O)cc3c(c2F)CC(CCCC2CC(OC(F)(F)F)C2)CC3)S(=O)(=O)N1. The molecule has 7 nitrogen and oxygen atoms in total. The van der Waals surface area contributed by atoms with E-state index in [2.05, 4.69) is 4.74 Å². The lowest BCUT2D eigenvalue weighted by Crippen LogP contribution is -2.35. The zero-order valence-corrected chi connectivity index (χ0v) is 17.9. The minimum atomic E-state index is -4.60. The predicted octanol–water partition coefficient (Wildman–Crippen LogP) is 3.30. The second-order valence-electron chi connectivity index (χ2n) is 8.80. The number of carbonyl (C=O) groups is 1. The molecular formula is C20H24F4N2O5S. The number of anilines is 1. The molecule has 0 spiro atoms. The Bertz CT molecular complexity index is 1010. The van der Waals surface area contributed by atoms with Crippen LogP contribution in [0.2, 0.25) is 0 Å². The van der Waals surface area contributed by atoms with Crippen molar-refractivity contribution in [2.45, 2.75) is 63.8 Å². The minimum Gasteiger partial charge on any atom is -0.506 e. The van der Waals surface area contributed by atoms with E-state index in [-0.39, 0.29) is 11.8 Å². The molecule has 1 aliphatic heterocycles. The van der Waals surface area contributed by atoms with E-state index < -0.39 is 52.4 Å². The van der Waals surface area contributed by atoms with Crippen molar-refractivity contribution in [1.82, 2.24) is 4.72 Å². The van der Waals surface area contributed by atoms with Crippen LogP contribution in [0.3, 0.4) is 0 Å². The first kappa shape index (κ1) is 23.1. The number of hydrogen-bond donors (Lipinski definition) is 2. The number of fused-ring (bicyclic) bond motifs is 1. The maximum absolute atomic E-state index is 15.3. The van der Waals surface area contributed by atoms with Crippen molar-refractivity contribution >= 4 is 21.8 Å². The van der Waals surface area contributed by atoms with Crippen LogP contribution in [-0.2, 0) is 32.6 Å². The largest absolute Gasteiger partial charge is 0.522 e. The standard InChI is InChI=1S/C20H24F4N2O5S/c21-18-15-8-11(2-1-3-12-6-14(7-12)31-20(22,23)24)4-5-13(15)9-16(27)19(18)26-10-17(28)25-32(26,29)30/h9,11-12,14,27H,1-8,10H2,(H,25,28). The molecule has 1 saturated carbocycles. The fourth-order valence-electron chi connectivity index (χ4n) is 4.93. The van der Waals surface area contributed by atoms with E-state index in [1.165, 1.54) is 6.07 Å². The number of nitrogens with one attached hydrogen (secondary N) is 1. The van der Waals surface area contributed by atoms with Crippen LogP contribution in [0.15, 0.2) is 6.07 Å². The normalized spacial score (nSPS) is 27.1. The molecule has 4 rings (SSSR count). The first-order chi connectivity index (χ1) is 14.9. The number of benzene rings is 1. The fraction of sp³-hybridized carbons (Fsp3) is 0.650. The van der Waals surface area contributed by atoms with Gasteiger partial charge in [0.1, 0.15) is 18.0 Å². The lowest BCUT2D eigenvalue weighted by molar-refractivity contribution is -0.354. The Hall–Kier alpha value is -2.08. The van der Waals surface area contributed by atoms with Gasteiger partial charge in [0.25, 0.3) is 5.91 Å². The van der Waals surface area contributed by atoms with Crippen LogP contribution in [0.5, 0.6) is 5.75 Å². The minimum absolute atomic E-state index is 0.145. The van der Waals surface area contributed by atoms with Crippen molar-refractivity contribution < 1.29 is 40.6 Å². The van der Waals surface area contributed by atoms with Gasteiger partial charge in [-0.2, -0.15) is 8.42 Å². The Morgan fingerprint density at radius 1 is 1.22 bits per heavy atom. The van der Waals surface area contributed by atoms with E-state index in [1.54, 1.807) is 4.72 Å². The third kappa shape index (κ3) is 4.80. The molecule has 2 N–H and O–H groups in total. The molecule has 0 radical (unpaired) electrons. The van der Waals surface area contributed by atoms with Crippen LogP contribution in [0.1, 0.15) is 49.7 Å². The first-order valence-electron chi connectivity index (χ1n) is 10.5. The molecule has 32 heavy (non-hydrogen) atoms. The van der Waals surface area contributed by atoms with Gasteiger partial charge < -0.3 is 5.11 Å². The molecule has 12 heteroatoms. The summed E-state index contributed by atoms with van der Waals surface area (Å²) in [5, 5.41) is 10.3. The summed E-state index contributed by atoms with van der Waals surface area (Å²) in [7, 11) is -4.26. The first-order valence-corrected chi connectivity index (χ1v) is 12.0. The average molecular weight is 480 g/mol. The number of phenolic OH excluding ortho intramolecular Hbond substituents is 1. The number of aryl methyl sites for hydroxylation is 1. The summed E-state index contributed by atoms with van der Waals surface area (Å²) in [6.45, 7) is -0.602. The van der Waals surface area contributed by atoms with Gasteiger partial charge in [0.05, 0.1) is 6.10 Å². The fourth-order valence-corrected chi connectivity index (χ4v) is 6.09. The molecule has 0 bridgehead atoms. The lowest BCUT2D eigenvalue weighted by atomic mass is 9.76. The number of nitrogens with zero attached hydrogens (tertiary/aromatic N) is 1. The predicted molar refractivity (Wildman–Crippen MR) is 105 cm³/mol. The summed E-state index contributed by atoms with van der Waals surface area (Å²) < 4.78 is 82.4. The Kier molecular flexibility index (Phi) is 6.03. The monoisotopic (exact) mass is 480 g/mol. The highest BCUT2D eigenvalue weighted by Crippen LogP contribution is 2.42. The van der Waals surface area contributed by atoms with E-state index in [0.717, 1.165) is 25.7 Å². The molecule has 3 aliphatic rings. The number of ether oxygens (including phenoxy) is 1. The number of aromatic hydroxyl groups is 1. The molecule has 1 aromatic rings. The van der Waals surface area contributed by atoms with Crippen molar-refractivity contribution in [3.05, 3.63) is 23.0 Å². The van der Waals surface area contributed by atoms with Crippen LogP contribution >= 0.6 is 0 Å². The second-order valence-corrected chi connectivity index (χ2v) is 10.4. The molecule has 178 valence electrons. The van der Waals surface area contributed by atoms with Crippen LogP contribution < -0.4 is 9.03 Å². The molecule has 2 aliphatic carbocycles. The third-order valence-corrected chi connectivity index (χ3v) is 7.89. The van der Waals surface area contributed by atoms with Gasteiger partial charge >= 0.3 is 16.6 Å². The van der Waals surface area contributed by atoms with Gasteiger partial charge in [-0.1, -0.05) is 19.3 Å². The molecule has 1 amide bonds. The summed E-state index contributed by atoms with van der Waals surface area (Å²) in [4.78, 5) is 11.5. The molecule has 1 aromatic carbocycles. The van der Waals surface area contributed by atoms with Gasteiger partial charge in [0.2, 0.25) is 0 Å². The van der Waals surface area contributed by atoms with Crippen molar-refractivity contribution in [2.24, 2.45) is 11.8 Å². The van der Waals surface area contributed by atoms with Gasteiger partial charge in [-0.3, -0.25) is 9.53 Å². The summed E-state index contributed by atoms with van der Waals surface area (Å²) in [5.74, 6) is -1.83. The van der Waals surface area contributed by atoms with Crippen LogP contribution in [-0.4, -0.2) is 38.4 Å². The Balaban J connectivity index is 1.36. The molecule has 2 fully saturated rings. The number of carbonyl (C=O) groups excluding carboxylic acids is 1. The Morgan fingerprint density at radius 3 is 2.53 bits per heavy atom. The van der Waals surface area contributed by atoms with Crippen molar-refractivity contribution in [3.8, 4) is 5.75 Å². The lowest BCUT2D eigenvalue weighted by Gasteiger charge is -2.35. The van der Waals surface area contributed by atoms with E-state index in [1.807, 2.05) is 0 Å². The van der Waals surface area contributed by atoms with Gasteiger partial charge in [-0.15, -0.1) is 13.2 Å². The number of amides is 1. The summed E-state index contributed by atoms with van der Waals surface area (Å²) in [6, 6.07) is 1.36. The Labute approximate surface area is 182 Å². The molecule has 1 unspecified atom stereocenters. The quantitative estimate of drug-likeness (QED) is 0.610. The second kappa shape index (κ2) is 8.36. The van der Waals surface area contributed by atoms with Crippen LogP contribution in [0.25, 0.3) is 0 Å². The molecule has 1 heterocycles. The van der Waals surface area contributed by atoms with E-state index in [4.69, 9.17) is 0 Å². The highest BCUT2D eigenvalue weighted by Gasteiger charge is 2.40. The van der Waals surface area contributed by atoms with Gasteiger partial charge in [-0.05, 0) is 61.1 Å². The summed E-state index contributed by atoms with van der Waals surface area (Å²) >= 11 is 0. The summed E-state index contributed by atoms with van der Waals surface area (Å²) in [5.41, 5.74) is 0.431. The number of phenols is 1. The summed E-state index contributed by atoms with van der Waals surface area (Å²) in [6.07, 6.45) is -0.545. The number of alkyl halides is 3. The Morgan fingerprint density at radius 2 is 1.91 bits per heavy atom. The maximum Gasteiger partial charge on any atom is 0.522 e. The van der Waals surface area contributed by atoms with E-state index in [0.29, 0.717) is 41.1 Å². The number of halogens is 4. The topological polar surface area (TPSA) is 95.9 Å². The molecule has 1 atom stereocenters. The number of rotatable bonds is 6. The zero-order valence-electron chi connectivity index (χ0n) is 17.1. The highest BCUT2D eigenvalue weighted by molar-refractivity contribution is 7.92. The highest BCUT2D eigenvalue weighted by atomic mass is 32.2. The van der Waals surface area contributed by atoms with E-state index >= 15 is 4.39 Å². The molecule has 0 aromatic heterocycles. The molecule has 1 saturated heterocycles. The van der Waals surface area contributed by atoms with Gasteiger partial charge in [0, 0.05) is 0 Å². The smallest absolute Gasteiger partial charge is 0.506 e. The third-order valence-electron chi connectivity index (χ3n) is 6.52. The van der Waals surface area contributed by atoms with Crippen molar-refractivity contribution in [1.29, 1.82) is 0 Å². The van der Waals surface area contributed by atoms with Crippen LogP contribution in [0, 0.1) is 17.7 Å². The van der Waals surface area contributed by atoms with Crippen molar-refractivity contribution in [3.63, 3.8) is 0 Å². The van der Waals surface area contributed by atoms with Crippen molar-refractivity contribution in [2.75, 3.05) is 10.8 Å². The van der Waals surface area contributed by atoms with Crippen LogP contribution in [0.4, 0.5) is 23.2 Å². The zero-order chi connectivity index (χ0) is 23.3. The van der Waals surface area contributed by atoms with Gasteiger partial charge in [-0.25, -0.2) is 13.4 Å². The maximum atomic E-state index is 15.3. The van der Waals surface area contributed by atoms with E-state index in [9.17, 15) is 31.5 Å².